The molecule has 0 spiro atoms. The number of hydrogen-bond donors (Lipinski definition) is 1. The first-order valence-corrected chi connectivity index (χ1v) is 11.3. The predicted molar refractivity (Wildman–Crippen MR) is 125 cm³/mol. The molecular weight excluding hydrogens is 422 g/mol. The molecule has 0 bridgehead atoms. The first kappa shape index (κ1) is 24.6. The van der Waals surface area contributed by atoms with Gasteiger partial charge in [-0.15, -0.1) is 0 Å². The van der Waals surface area contributed by atoms with E-state index in [1.807, 2.05) is 30.8 Å². The van der Waals surface area contributed by atoms with Gasteiger partial charge in [-0.3, -0.25) is 9.59 Å². The van der Waals surface area contributed by atoms with Crippen LogP contribution in [-0.4, -0.2) is 91.0 Å². The quantitative estimate of drug-likeness (QED) is 0.621. The molecule has 1 saturated heterocycles. The zero-order valence-electron chi connectivity index (χ0n) is 20.3. The molecule has 2 heterocycles. The number of carbonyl (C=O) groups excluding carboxylic acids is 2. The Morgan fingerprint density at radius 1 is 1.12 bits per heavy atom. The van der Waals surface area contributed by atoms with E-state index in [1.165, 1.54) is 0 Å². The van der Waals surface area contributed by atoms with Crippen molar-refractivity contribution in [2.75, 3.05) is 54.5 Å². The summed E-state index contributed by atoms with van der Waals surface area (Å²) >= 11 is 0. The fourth-order valence-electron chi connectivity index (χ4n) is 4.05. The molecule has 1 fully saturated rings. The van der Waals surface area contributed by atoms with Crippen molar-refractivity contribution in [1.82, 2.24) is 24.7 Å². The van der Waals surface area contributed by atoms with Gasteiger partial charge < -0.3 is 29.2 Å². The molecule has 1 aromatic carbocycles. The van der Waals surface area contributed by atoms with Gasteiger partial charge in [-0.2, -0.15) is 0 Å². The zero-order chi connectivity index (χ0) is 24.0. The van der Waals surface area contributed by atoms with Crippen LogP contribution in [0.4, 0.5) is 0 Å². The van der Waals surface area contributed by atoms with Crippen LogP contribution in [0.3, 0.4) is 0 Å². The number of ether oxygens (including phenoxy) is 2. The number of H-pyrrole nitrogens is 1. The lowest BCUT2D eigenvalue weighted by molar-refractivity contribution is -0.137. The second-order valence-electron chi connectivity index (χ2n) is 8.67. The van der Waals surface area contributed by atoms with Crippen molar-refractivity contribution in [3.05, 3.63) is 41.5 Å². The van der Waals surface area contributed by atoms with Gasteiger partial charge in [0.2, 0.25) is 5.91 Å². The van der Waals surface area contributed by atoms with Crippen LogP contribution in [0.25, 0.3) is 0 Å². The number of nitrogens with zero attached hydrogens (tertiary/aromatic N) is 4. The van der Waals surface area contributed by atoms with Crippen molar-refractivity contribution in [3.8, 4) is 11.5 Å². The molecule has 0 saturated carbocycles. The van der Waals surface area contributed by atoms with E-state index in [-0.39, 0.29) is 17.7 Å². The van der Waals surface area contributed by atoms with Gasteiger partial charge in [0.05, 0.1) is 32.8 Å². The molecule has 33 heavy (non-hydrogen) atoms. The minimum atomic E-state index is -0.0964. The Morgan fingerprint density at radius 2 is 1.82 bits per heavy atom. The smallest absolute Gasteiger partial charge is 0.253 e. The Hall–Kier alpha value is -3.07. The van der Waals surface area contributed by atoms with Crippen LogP contribution >= 0.6 is 0 Å². The molecule has 1 aliphatic rings. The number of methoxy groups -OCH3 is 2. The number of carbonyl (C=O) groups is 2. The van der Waals surface area contributed by atoms with Crippen molar-refractivity contribution in [1.29, 1.82) is 0 Å². The normalized spacial score (nSPS) is 14.4. The molecule has 2 amide bonds. The van der Waals surface area contributed by atoms with Crippen LogP contribution < -0.4 is 9.47 Å². The van der Waals surface area contributed by atoms with E-state index in [4.69, 9.17) is 9.47 Å². The molecule has 1 N–H and O–H groups in total. The number of rotatable bonds is 9. The standard InChI is InChI=1S/C24H35N5O4/c1-17-20(26-16-25-17)15-29(13-12-27(2)3)23(30)18-8-10-28(11-9-18)24(31)19-6-7-21(32-4)22(14-19)33-5/h6-7,14,16,18H,8-13,15H2,1-5H3,(H,25,26). The number of amides is 2. The number of likely N-dealkylation sites (tertiary alicyclic amines) is 1. The molecule has 0 aliphatic carbocycles. The number of likely N-dealkylation sites (N-methyl/N-ethyl adjacent to an activating group) is 1. The third-order valence-electron chi connectivity index (χ3n) is 6.17. The Bertz CT molecular complexity index is 950. The van der Waals surface area contributed by atoms with Gasteiger partial charge in [0, 0.05) is 43.4 Å². The fraction of sp³-hybridized carbons (Fsp3) is 0.542. The highest BCUT2D eigenvalue weighted by Gasteiger charge is 2.31. The Labute approximate surface area is 195 Å². The molecule has 9 nitrogen and oxygen atoms in total. The van der Waals surface area contributed by atoms with Crippen molar-refractivity contribution >= 4 is 11.8 Å². The van der Waals surface area contributed by atoms with E-state index in [0.29, 0.717) is 56.1 Å². The maximum atomic E-state index is 13.4. The Kier molecular flexibility index (Phi) is 8.32. The van der Waals surface area contributed by atoms with Crippen molar-refractivity contribution in [2.24, 2.45) is 5.92 Å². The molecule has 9 heteroatoms. The average Bonchev–Trinajstić information content (AvgIpc) is 3.24. The third kappa shape index (κ3) is 6.04. The maximum absolute atomic E-state index is 13.4. The van der Waals surface area contributed by atoms with E-state index >= 15 is 0 Å². The number of hydrogen-bond acceptors (Lipinski definition) is 6. The van der Waals surface area contributed by atoms with Gasteiger partial charge in [-0.1, -0.05) is 0 Å². The zero-order valence-corrected chi connectivity index (χ0v) is 20.3. The summed E-state index contributed by atoms with van der Waals surface area (Å²) in [6, 6.07) is 5.19. The summed E-state index contributed by atoms with van der Waals surface area (Å²) in [5.74, 6) is 1.10. The first-order chi connectivity index (χ1) is 15.8. The average molecular weight is 458 g/mol. The minimum absolute atomic E-state index is 0.0570. The molecule has 1 aromatic heterocycles. The number of imidazole rings is 1. The number of aromatic nitrogens is 2. The summed E-state index contributed by atoms with van der Waals surface area (Å²) in [5, 5.41) is 0. The minimum Gasteiger partial charge on any atom is -0.493 e. The highest BCUT2D eigenvalue weighted by atomic mass is 16.5. The highest BCUT2D eigenvalue weighted by molar-refractivity contribution is 5.95. The number of benzene rings is 1. The second-order valence-corrected chi connectivity index (χ2v) is 8.67. The summed E-state index contributed by atoms with van der Waals surface area (Å²) in [5.41, 5.74) is 2.43. The van der Waals surface area contributed by atoms with Crippen LogP contribution in [0, 0.1) is 12.8 Å². The van der Waals surface area contributed by atoms with Crippen molar-refractivity contribution < 1.29 is 19.1 Å². The van der Waals surface area contributed by atoms with Gasteiger partial charge in [0.1, 0.15) is 0 Å². The van der Waals surface area contributed by atoms with Crippen molar-refractivity contribution in [3.63, 3.8) is 0 Å². The van der Waals surface area contributed by atoms with Gasteiger partial charge in [-0.25, -0.2) is 4.98 Å². The SMILES string of the molecule is COc1ccc(C(=O)N2CCC(C(=O)N(CCN(C)C)Cc3nc[nH]c3C)CC2)cc1OC. The van der Waals surface area contributed by atoms with Gasteiger partial charge >= 0.3 is 0 Å². The van der Waals surface area contributed by atoms with E-state index < -0.39 is 0 Å². The number of aryl methyl sites for hydroxylation is 1. The largest absolute Gasteiger partial charge is 0.493 e. The van der Waals surface area contributed by atoms with E-state index in [0.717, 1.165) is 17.9 Å². The summed E-state index contributed by atoms with van der Waals surface area (Å²) in [6.45, 7) is 4.98. The second kappa shape index (κ2) is 11.2. The van der Waals surface area contributed by atoms with E-state index in [2.05, 4.69) is 14.9 Å². The van der Waals surface area contributed by atoms with Gasteiger partial charge in [0.15, 0.2) is 11.5 Å². The van der Waals surface area contributed by atoms with Crippen LogP contribution in [-0.2, 0) is 11.3 Å². The van der Waals surface area contributed by atoms with Gasteiger partial charge in [0.25, 0.3) is 5.91 Å². The topological polar surface area (TPSA) is 91.0 Å². The molecule has 1 aliphatic heterocycles. The predicted octanol–water partition coefficient (Wildman–Crippen LogP) is 2.18. The fourth-order valence-corrected chi connectivity index (χ4v) is 4.05. The molecule has 0 atom stereocenters. The molecular formula is C24H35N5O4. The van der Waals surface area contributed by atoms with Crippen LogP contribution in [0.15, 0.2) is 24.5 Å². The van der Waals surface area contributed by atoms with Crippen LogP contribution in [0.5, 0.6) is 11.5 Å². The Morgan fingerprint density at radius 3 is 2.39 bits per heavy atom. The van der Waals surface area contributed by atoms with E-state index in [9.17, 15) is 9.59 Å². The molecule has 0 radical (unpaired) electrons. The molecule has 2 aromatic rings. The number of nitrogens with one attached hydrogen (secondary N) is 1. The monoisotopic (exact) mass is 457 g/mol. The summed E-state index contributed by atoms with van der Waals surface area (Å²) in [7, 11) is 7.12. The lowest BCUT2D eigenvalue weighted by Gasteiger charge is -2.34. The maximum Gasteiger partial charge on any atom is 0.253 e. The summed E-state index contributed by atoms with van der Waals surface area (Å²) in [4.78, 5) is 39.6. The summed E-state index contributed by atoms with van der Waals surface area (Å²) < 4.78 is 10.6. The van der Waals surface area contributed by atoms with Gasteiger partial charge in [-0.05, 0) is 52.1 Å². The molecule has 180 valence electrons. The highest BCUT2D eigenvalue weighted by Crippen LogP contribution is 2.29. The van der Waals surface area contributed by atoms with Crippen molar-refractivity contribution in [2.45, 2.75) is 26.3 Å². The third-order valence-corrected chi connectivity index (χ3v) is 6.17. The van der Waals surface area contributed by atoms with E-state index in [1.54, 1.807) is 38.7 Å². The lowest BCUT2D eigenvalue weighted by Crippen LogP contribution is -2.45. The molecule has 3 rings (SSSR count). The number of piperidine rings is 1. The molecule has 0 unspecified atom stereocenters. The first-order valence-electron chi connectivity index (χ1n) is 11.3. The number of aromatic amines is 1. The Balaban J connectivity index is 1.63. The van der Waals surface area contributed by atoms with Crippen LogP contribution in [0.1, 0.15) is 34.6 Å². The summed E-state index contributed by atoms with van der Waals surface area (Å²) in [6.07, 6.45) is 2.96. The lowest BCUT2D eigenvalue weighted by atomic mass is 9.94. The van der Waals surface area contributed by atoms with Crippen LogP contribution in [0.2, 0.25) is 0 Å².